The van der Waals surface area contributed by atoms with Gasteiger partial charge in [-0.15, -0.1) is 0 Å². The summed E-state index contributed by atoms with van der Waals surface area (Å²) < 4.78 is 0. The van der Waals surface area contributed by atoms with Gasteiger partial charge in [0.05, 0.1) is 0 Å². The van der Waals surface area contributed by atoms with Crippen molar-refractivity contribution in [1.82, 2.24) is 15.0 Å². The highest BCUT2D eigenvalue weighted by atomic mass is 15.1. The molecule has 0 bridgehead atoms. The number of aromatic nitrogens is 3. The molecule has 2 heterocycles. The molecule has 4 heteroatoms. The van der Waals surface area contributed by atoms with Crippen LogP contribution < -0.4 is 5.32 Å². The second-order valence-corrected chi connectivity index (χ2v) is 5.10. The van der Waals surface area contributed by atoms with Crippen molar-refractivity contribution in [3.05, 3.63) is 60.4 Å². The molecule has 0 saturated heterocycles. The molecule has 4 nitrogen and oxygen atoms in total. The molecule has 2 atom stereocenters. The van der Waals surface area contributed by atoms with Crippen molar-refractivity contribution in [2.75, 3.05) is 5.32 Å². The Bertz CT molecular complexity index is 742. The van der Waals surface area contributed by atoms with Gasteiger partial charge in [0.2, 0.25) is 0 Å². The number of fused-ring (bicyclic) bond motifs is 1. The molecule has 1 fully saturated rings. The van der Waals surface area contributed by atoms with E-state index in [1.807, 2.05) is 12.1 Å². The van der Waals surface area contributed by atoms with E-state index in [0.29, 0.717) is 17.6 Å². The van der Waals surface area contributed by atoms with Crippen molar-refractivity contribution in [3.63, 3.8) is 0 Å². The molecule has 20 heavy (non-hydrogen) atoms. The molecule has 0 radical (unpaired) electrons. The number of pyridine rings is 1. The molecular weight excluding hydrogens is 248 g/mol. The first-order valence-electron chi connectivity index (χ1n) is 6.79. The Hall–Kier alpha value is -2.49. The molecule has 1 aromatic carbocycles. The lowest BCUT2D eigenvalue weighted by Crippen LogP contribution is -2.06. The van der Waals surface area contributed by atoms with Crippen molar-refractivity contribution in [1.29, 1.82) is 0 Å². The molecule has 0 spiro atoms. The summed E-state index contributed by atoms with van der Waals surface area (Å²) >= 11 is 0. The molecule has 1 aliphatic carbocycles. The van der Waals surface area contributed by atoms with Gasteiger partial charge in [0.15, 0.2) is 5.65 Å². The van der Waals surface area contributed by atoms with Gasteiger partial charge in [-0.2, -0.15) is 0 Å². The van der Waals surface area contributed by atoms with Gasteiger partial charge in [0, 0.05) is 24.4 Å². The summed E-state index contributed by atoms with van der Waals surface area (Å²) in [5, 5.41) is 3.48. The summed E-state index contributed by atoms with van der Waals surface area (Å²) in [5.74, 6) is 1.47. The Kier molecular flexibility index (Phi) is 2.59. The third kappa shape index (κ3) is 2.09. The number of anilines is 1. The highest BCUT2D eigenvalue weighted by Crippen LogP contribution is 2.42. The van der Waals surface area contributed by atoms with E-state index >= 15 is 0 Å². The Morgan fingerprint density at radius 2 is 1.80 bits per heavy atom. The first kappa shape index (κ1) is 11.3. The molecule has 4 rings (SSSR count). The number of benzene rings is 1. The first-order chi connectivity index (χ1) is 9.90. The van der Waals surface area contributed by atoms with E-state index in [2.05, 4.69) is 50.6 Å². The van der Waals surface area contributed by atoms with E-state index < -0.39 is 0 Å². The number of hydrogen-bond acceptors (Lipinski definition) is 4. The molecule has 1 aliphatic rings. The van der Waals surface area contributed by atoms with Crippen LogP contribution in [0.15, 0.2) is 54.9 Å². The Morgan fingerprint density at radius 3 is 2.70 bits per heavy atom. The van der Waals surface area contributed by atoms with Gasteiger partial charge in [-0.1, -0.05) is 30.3 Å². The van der Waals surface area contributed by atoms with Crippen LogP contribution in [-0.2, 0) is 0 Å². The van der Waals surface area contributed by atoms with Crippen LogP contribution in [0, 0.1) is 0 Å². The number of hydrogen-bond donors (Lipinski definition) is 1. The topological polar surface area (TPSA) is 50.7 Å². The van der Waals surface area contributed by atoms with Crippen LogP contribution >= 0.6 is 0 Å². The smallest absolute Gasteiger partial charge is 0.180 e. The van der Waals surface area contributed by atoms with Crippen molar-refractivity contribution in [2.24, 2.45) is 0 Å². The fraction of sp³-hybridized carbons (Fsp3) is 0.188. The Morgan fingerprint density at radius 1 is 0.950 bits per heavy atom. The third-order valence-electron chi connectivity index (χ3n) is 3.68. The zero-order chi connectivity index (χ0) is 13.4. The summed E-state index contributed by atoms with van der Waals surface area (Å²) in [4.78, 5) is 13.0. The van der Waals surface area contributed by atoms with Crippen LogP contribution in [-0.4, -0.2) is 21.0 Å². The van der Waals surface area contributed by atoms with Crippen LogP contribution in [0.1, 0.15) is 17.9 Å². The van der Waals surface area contributed by atoms with E-state index in [-0.39, 0.29) is 0 Å². The summed E-state index contributed by atoms with van der Waals surface area (Å²) in [6, 6.07) is 15.0. The van der Waals surface area contributed by atoms with Crippen LogP contribution in [0.3, 0.4) is 0 Å². The van der Waals surface area contributed by atoms with Crippen molar-refractivity contribution in [3.8, 4) is 0 Å². The monoisotopic (exact) mass is 262 g/mol. The van der Waals surface area contributed by atoms with Gasteiger partial charge < -0.3 is 5.32 Å². The van der Waals surface area contributed by atoms with Crippen LogP contribution in [0.5, 0.6) is 0 Å². The van der Waals surface area contributed by atoms with E-state index in [1.165, 1.54) is 5.56 Å². The summed E-state index contributed by atoms with van der Waals surface area (Å²) in [5.41, 5.74) is 2.91. The Labute approximate surface area is 116 Å². The molecule has 1 N–H and O–H groups in total. The van der Waals surface area contributed by atoms with E-state index in [1.54, 1.807) is 12.4 Å². The summed E-state index contributed by atoms with van der Waals surface area (Å²) in [6.07, 6.45) is 4.51. The normalized spacial score (nSPS) is 20.8. The maximum Gasteiger partial charge on any atom is 0.180 e. The van der Waals surface area contributed by atoms with E-state index in [0.717, 1.165) is 17.8 Å². The lowest BCUT2D eigenvalue weighted by atomic mass is 10.1. The van der Waals surface area contributed by atoms with Crippen molar-refractivity contribution < 1.29 is 0 Å². The first-order valence-corrected chi connectivity index (χ1v) is 6.79. The number of nitrogens with zero attached hydrogens (tertiary/aromatic N) is 3. The highest BCUT2D eigenvalue weighted by molar-refractivity contribution is 5.71. The third-order valence-corrected chi connectivity index (χ3v) is 3.68. The van der Waals surface area contributed by atoms with E-state index in [4.69, 9.17) is 0 Å². The van der Waals surface area contributed by atoms with Gasteiger partial charge in [0.25, 0.3) is 0 Å². The van der Waals surface area contributed by atoms with Gasteiger partial charge >= 0.3 is 0 Å². The second-order valence-electron chi connectivity index (χ2n) is 5.10. The molecule has 0 aliphatic heterocycles. The van der Waals surface area contributed by atoms with Gasteiger partial charge in [-0.05, 0) is 24.1 Å². The second kappa shape index (κ2) is 4.56. The molecule has 2 aromatic heterocycles. The minimum atomic E-state index is 0.471. The van der Waals surface area contributed by atoms with Gasteiger partial charge in [0.1, 0.15) is 11.3 Å². The minimum absolute atomic E-state index is 0.471. The average Bonchev–Trinajstić information content (AvgIpc) is 3.27. The minimum Gasteiger partial charge on any atom is -0.367 e. The largest absolute Gasteiger partial charge is 0.367 e. The van der Waals surface area contributed by atoms with E-state index in [9.17, 15) is 0 Å². The fourth-order valence-corrected chi connectivity index (χ4v) is 2.55. The predicted octanol–water partition coefficient (Wildman–Crippen LogP) is 2.99. The molecular formula is C16H14N4. The predicted molar refractivity (Wildman–Crippen MR) is 78.5 cm³/mol. The van der Waals surface area contributed by atoms with Gasteiger partial charge in [-0.3, -0.25) is 4.98 Å². The molecule has 0 amide bonds. The lowest BCUT2D eigenvalue weighted by Gasteiger charge is -2.05. The van der Waals surface area contributed by atoms with Crippen LogP contribution in [0.2, 0.25) is 0 Å². The molecule has 1 saturated carbocycles. The maximum absolute atomic E-state index is 4.50. The van der Waals surface area contributed by atoms with Crippen LogP contribution in [0.4, 0.5) is 5.82 Å². The van der Waals surface area contributed by atoms with Crippen molar-refractivity contribution >= 4 is 17.0 Å². The highest BCUT2D eigenvalue weighted by Gasteiger charge is 2.38. The fourth-order valence-electron chi connectivity index (χ4n) is 2.55. The SMILES string of the molecule is c1ccc(C2CC2Nc2ccc3nccnc3n2)cc1. The zero-order valence-corrected chi connectivity index (χ0v) is 10.9. The standard InChI is InChI=1S/C16H14N4/c1-2-4-11(5-3-1)12-10-14(12)19-15-7-6-13-16(20-15)18-9-8-17-13/h1-9,12,14H,10H2,(H,18,19,20). The van der Waals surface area contributed by atoms with Gasteiger partial charge in [-0.25, -0.2) is 9.97 Å². The lowest BCUT2D eigenvalue weighted by molar-refractivity contribution is 1.03. The van der Waals surface area contributed by atoms with Crippen LogP contribution in [0.25, 0.3) is 11.2 Å². The molecule has 98 valence electrons. The maximum atomic E-state index is 4.50. The summed E-state index contributed by atoms with van der Waals surface area (Å²) in [6.45, 7) is 0. The van der Waals surface area contributed by atoms with Crippen molar-refractivity contribution in [2.45, 2.75) is 18.4 Å². The number of rotatable bonds is 3. The molecule has 3 aromatic rings. The zero-order valence-electron chi connectivity index (χ0n) is 10.9. The Balaban J connectivity index is 1.52. The molecule has 2 unspecified atom stereocenters. The average molecular weight is 262 g/mol. The summed E-state index contributed by atoms with van der Waals surface area (Å²) in [7, 11) is 0. The number of nitrogens with one attached hydrogen (secondary N) is 1. The quantitative estimate of drug-likeness (QED) is 0.788.